The van der Waals surface area contributed by atoms with Gasteiger partial charge in [0.25, 0.3) is 0 Å². The van der Waals surface area contributed by atoms with Crippen LogP contribution in [0.5, 0.6) is 0 Å². The Morgan fingerprint density at radius 2 is 2.00 bits per heavy atom. The zero-order valence-corrected chi connectivity index (χ0v) is 12.2. The smallest absolute Gasteiger partial charge is 0.250 e. The molecule has 6 nitrogen and oxygen atoms in total. The fourth-order valence-corrected chi connectivity index (χ4v) is 3.41. The van der Waals surface area contributed by atoms with Gasteiger partial charge >= 0.3 is 0 Å². The first kappa shape index (κ1) is 14.7. The third-order valence-electron chi connectivity index (χ3n) is 4.72. The fourth-order valence-electron chi connectivity index (χ4n) is 3.41. The Labute approximate surface area is 128 Å². The van der Waals surface area contributed by atoms with Crippen molar-refractivity contribution < 1.29 is 14.3 Å². The topological polar surface area (TPSA) is 108 Å². The Morgan fingerprint density at radius 3 is 2.64 bits per heavy atom. The van der Waals surface area contributed by atoms with Crippen LogP contribution in [0.1, 0.15) is 34.5 Å². The average molecular weight is 301 g/mol. The molecule has 0 spiro atoms. The Balaban J connectivity index is 2.00. The summed E-state index contributed by atoms with van der Waals surface area (Å²) >= 11 is 0. The number of primary amides is 2. The number of rotatable bonds is 3. The summed E-state index contributed by atoms with van der Waals surface area (Å²) in [6.07, 6.45) is 7.20. The molecule has 1 aromatic rings. The number of amides is 2. The van der Waals surface area contributed by atoms with Crippen molar-refractivity contribution >= 4 is 17.9 Å². The molecule has 2 amide bonds. The Bertz CT molecular complexity index is 650. The van der Waals surface area contributed by atoms with Crippen molar-refractivity contribution in [2.45, 2.75) is 19.3 Å². The lowest BCUT2D eigenvalue weighted by atomic mass is 9.65. The molecule has 2 aliphatic rings. The van der Waals surface area contributed by atoms with Gasteiger partial charge in [-0.2, -0.15) is 0 Å². The van der Waals surface area contributed by atoms with Crippen LogP contribution in [0, 0.1) is 11.3 Å². The normalized spacial score (nSPS) is 24.7. The molecule has 0 bridgehead atoms. The van der Waals surface area contributed by atoms with E-state index in [2.05, 4.69) is 4.98 Å². The summed E-state index contributed by atoms with van der Waals surface area (Å²) in [5.74, 6) is -0.730. The van der Waals surface area contributed by atoms with Crippen molar-refractivity contribution in [2.24, 2.45) is 22.8 Å². The quantitative estimate of drug-likeness (QED) is 0.854. The van der Waals surface area contributed by atoms with Crippen LogP contribution in [0.4, 0.5) is 0 Å². The summed E-state index contributed by atoms with van der Waals surface area (Å²) in [6, 6.07) is 1.71. The van der Waals surface area contributed by atoms with E-state index in [4.69, 9.17) is 16.2 Å². The third-order valence-corrected chi connectivity index (χ3v) is 4.72. The summed E-state index contributed by atoms with van der Waals surface area (Å²) < 4.78 is 5.39. The van der Waals surface area contributed by atoms with E-state index in [0.717, 1.165) is 24.1 Å². The van der Waals surface area contributed by atoms with Gasteiger partial charge in [-0.25, -0.2) is 0 Å². The van der Waals surface area contributed by atoms with Crippen LogP contribution in [-0.2, 0) is 16.0 Å². The molecule has 1 unspecified atom stereocenters. The maximum atomic E-state index is 12.2. The number of pyridine rings is 1. The number of fused-ring (bicyclic) bond motifs is 1. The minimum atomic E-state index is -0.741. The summed E-state index contributed by atoms with van der Waals surface area (Å²) in [5.41, 5.74) is 12.3. The van der Waals surface area contributed by atoms with Crippen molar-refractivity contribution in [3.05, 3.63) is 35.2 Å². The monoisotopic (exact) mass is 301 g/mol. The Morgan fingerprint density at radius 1 is 1.27 bits per heavy atom. The zero-order valence-electron chi connectivity index (χ0n) is 12.2. The van der Waals surface area contributed by atoms with Crippen molar-refractivity contribution in [1.29, 1.82) is 0 Å². The molecule has 0 radical (unpaired) electrons. The Kier molecular flexibility index (Phi) is 3.70. The van der Waals surface area contributed by atoms with Crippen LogP contribution in [0.15, 0.2) is 18.3 Å². The zero-order chi connectivity index (χ0) is 15.7. The van der Waals surface area contributed by atoms with Crippen LogP contribution in [0.2, 0.25) is 0 Å². The number of hydrogen-bond donors (Lipinski definition) is 2. The average Bonchev–Trinajstić information content (AvgIpc) is 2.54. The van der Waals surface area contributed by atoms with Crippen LogP contribution in [-0.4, -0.2) is 30.0 Å². The van der Waals surface area contributed by atoms with E-state index in [1.807, 2.05) is 12.2 Å². The van der Waals surface area contributed by atoms with E-state index in [1.54, 1.807) is 6.07 Å². The molecule has 1 aliphatic carbocycles. The number of nitrogens with zero attached hydrogens (tertiary/aromatic N) is 1. The second kappa shape index (κ2) is 5.53. The predicted octanol–water partition coefficient (Wildman–Crippen LogP) is 0.648. The van der Waals surface area contributed by atoms with Crippen molar-refractivity contribution in [2.75, 3.05) is 13.2 Å². The largest absolute Gasteiger partial charge is 0.381 e. The molecular weight excluding hydrogens is 282 g/mol. The molecule has 22 heavy (non-hydrogen) atoms. The molecule has 1 aliphatic heterocycles. The molecule has 4 N–H and O–H groups in total. The number of nitrogens with two attached hydrogens (primary N) is 2. The number of hydrogen-bond acceptors (Lipinski definition) is 4. The third kappa shape index (κ3) is 2.39. The Hall–Kier alpha value is -2.21. The summed E-state index contributed by atoms with van der Waals surface area (Å²) in [4.78, 5) is 27.8. The lowest BCUT2D eigenvalue weighted by Crippen LogP contribution is -2.46. The van der Waals surface area contributed by atoms with Crippen LogP contribution < -0.4 is 11.5 Å². The molecule has 1 atom stereocenters. The lowest BCUT2D eigenvalue weighted by molar-refractivity contribution is -0.129. The van der Waals surface area contributed by atoms with Gasteiger partial charge in [0.1, 0.15) is 0 Å². The molecular formula is C16H19N3O3. The van der Waals surface area contributed by atoms with Gasteiger partial charge in [-0.15, -0.1) is 0 Å². The van der Waals surface area contributed by atoms with E-state index in [-0.39, 0.29) is 11.8 Å². The van der Waals surface area contributed by atoms with Crippen LogP contribution in [0.25, 0.3) is 6.08 Å². The maximum absolute atomic E-state index is 12.2. The molecule has 1 aromatic heterocycles. The molecule has 1 fully saturated rings. The van der Waals surface area contributed by atoms with Crippen LogP contribution in [0.3, 0.4) is 0 Å². The van der Waals surface area contributed by atoms with E-state index in [0.29, 0.717) is 25.2 Å². The first-order chi connectivity index (χ1) is 10.5. The van der Waals surface area contributed by atoms with Gasteiger partial charge in [0.15, 0.2) is 0 Å². The highest BCUT2D eigenvalue weighted by atomic mass is 16.5. The van der Waals surface area contributed by atoms with Crippen LogP contribution >= 0.6 is 0 Å². The molecule has 116 valence electrons. The number of ether oxygens (including phenoxy) is 1. The SMILES string of the molecule is NC(=O)c1cnc2c(c1)CC(C(N)=O)(C1CCOCC1)C=C2. The highest BCUT2D eigenvalue weighted by Gasteiger charge is 2.44. The summed E-state index contributed by atoms with van der Waals surface area (Å²) in [7, 11) is 0. The van der Waals surface area contributed by atoms with Crippen molar-refractivity contribution in [3.8, 4) is 0 Å². The fraction of sp³-hybridized carbons (Fsp3) is 0.438. The second-order valence-corrected chi connectivity index (χ2v) is 5.93. The van der Waals surface area contributed by atoms with E-state index < -0.39 is 11.3 Å². The van der Waals surface area contributed by atoms with Crippen molar-refractivity contribution in [1.82, 2.24) is 4.98 Å². The molecule has 3 rings (SSSR count). The van der Waals surface area contributed by atoms with E-state index in [9.17, 15) is 9.59 Å². The minimum Gasteiger partial charge on any atom is -0.381 e. The van der Waals surface area contributed by atoms with E-state index >= 15 is 0 Å². The molecule has 6 heteroatoms. The molecule has 2 heterocycles. The molecule has 0 aromatic carbocycles. The van der Waals surface area contributed by atoms with Gasteiger partial charge in [0.05, 0.1) is 16.7 Å². The molecule has 0 saturated carbocycles. The van der Waals surface area contributed by atoms with Gasteiger partial charge < -0.3 is 16.2 Å². The number of carbonyl (C=O) groups excluding carboxylic acids is 2. The van der Waals surface area contributed by atoms with Gasteiger partial charge in [0, 0.05) is 19.4 Å². The van der Waals surface area contributed by atoms with Gasteiger partial charge in [-0.1, -0.05) is 6.08 Å². The molecule has 1 saturated heterocycles. The first-order valence-electron chi connectivity index (χ1n) is 7.38. The second-order valence-electron chi connectivity index (χ2n) is 5.93. The summed E-state index contributed by atoms with van der Waals surface area (Å²) in [5, 5.41) is 0. The van der Waals surface area contributed by atoms with Gasteiger partial charge in [0.2, 0.25) is 11.8 Å². The van der Waals surface area contributed by atoms with Gasteiger partial charge in [-0.3, -0.25) is 14.6 Å². The highest BCUT2D eigenvalue weighted by Crippen LogP contribution is 2.42. The first-order valence-corrected chi connectivity index (χ1v) is 7.38. The standard InChI is InChI=1S/C16H19N3O3/c17-14(20)11-7-10-8-16(15(18)21,4-1-13(10)19-9-11)12-2-5-22-6-3-12/h1,4,7,9,12H,2-3,5-6,8H2,(H2,17,20)(H2,18,21). The predicted molar refractivity (Wildman–Crippen MR) is 80.7 cm³/mol. The maximum Gasteiger partial charge on any atom is 0.250 e. The number of aromatic nitrogens is 1. The lowest BCUT2D eigenvalue weighted by Gasteiger charge is -2.40. The number of carbonyl (C=O) groups is 2. The summed E-state index contributed by atoms with van der Waals surface area (Å²) in [6.45, 7) is 1.28. The van der Waals surface area contributed by atoms with Gasteiger partial charge in [-0.05, 0) is 42.9 Å². The minimum absolute atomic E-state index is 0.139. The highest BCUT2D eigenvalue weighted by molar-refractivity contribution is 5.93. The van der Waals surface area contributed by atoms with E-state index in [1.165, 1.54) is 6.20 Å². The van der Waals surface area contributed by atoms with Crippen molar-refractivity contribution in [3.63, 3.8) is 0 Å².